The van der Waals surface area contributed by atoms with Crippen LogP contribution in [0.4, 0.5) is 10.5 Å². The van der Waals surface area contributed by atoms with E-state index in [1.807, 2.05) is 12.1 Å². The number of benzene rings is 3. The standard InChI is InChI=1S/C25H24N2O6/c1-31-22-12-9-18(15-21(22)29)24(23(13-14-28)32-20-5-3-2-4-6-20)33-25(30)27-19-10-7-17(16-26)8-11-19/h2-12,15,23-24,28-29H,13-14H2,1H3,(H,27,30)/t23-,24-/m1/s1. The monoisotopic (exact) mass is 448 g/mol. The molecule has 0 aliphatic heterocycles. The number of hydrogen-bond acceptors (Lipinski definition) is 7. The molecule has 0 bridgehead atoms. The third kappa shape index (κ3) is 6.38. The molecule has 0 unspecified atom stereocenters. The third-order valence-corrected chi connectivity index (χ3v) is 4.81. The van der Waals surface area contributed by atoms with Crippen LogP contribution in [-0.4, -0.2) is 36.1 Å². The molecule has 0 aliphatic carbocycles. The average Bonchev–Trinajstić information content (AvgIpc) is 2.83. The number of carbonyl (C=O) groups excluding carboxylic acids is 1. The zero-order valence-corrected chi connectivity index (χ0v) is 18.0. The lowest BCUT2D eigenvalue weighted by atomic mass is 10.0. The molecular formula is C25H24N2O6. The van der Waals surface area contributed by atoms with Crippen LogP contribution in [0.2, 0.25) is 0 Å². The number of phenolic OH excluding ortho intramolecular Hbond substituents is 1. The number of aromatic hydroxyl groups is 1. The van der Waals surface area contributed by atoms with Crippen molar-refractivity contribution in [2.45, 2.75) is 18.6 Å². The van der Waals surface area contributed by atoms with Gasteiger partial charge in [-0.25, -0.2) is 4.79 Å². The maximum atomic E-state index is 12.7. The summed E-state index contributed by atoms with van der Waals surface area (Å²) in [5.41, 5.74) is 1.36. The highest BCUT2D eigenvalue weighted by Crippen LogP contribution is 2.34. The molecule has 0 fully saturated rings. The van der Waals surface area contributed by atoms with Crippen molar-refractivity contribution >= 4 is 11.8 Å². The van der Waals surface area contributed by atoms with E-state index in [9.17, 15) is 15.0 Å². The van der Waals surface area contributed by atoms with Crippen LogP contribution < -0.4 is 14.8 Å². The summed E-state index contributed by atoms with van der Waals surface area (Å²) in [5, 5.41) is 31.4. The van der Waals surface area contributed by atoms with E-state index >= 15 is 0 Å². The van der Waals surface area contributed by atoms with Gasteiger partial charge in [-0.2, -0.15) is 5.26 Å². The van der Waals surface area contributed by atoms with E-state index in [2.05, 4.69) is 5.32 Å². The summed E-state index contributed by atoms with van der Waals surface area (Å²) in [5.74, 6) is 0.676. The van der Waals surface area contributed by atoms with Crippen LogP contribution >= 0.6 is 0 Å². The average molecular weight is 448 g/mol. The Balaban J connectivity index is 1.88. The Morgan fingerprint density at radius 2 is 1.82 bits per heavy atom. The van der Waals surface area contributed by atoms with Crippen LogP contribution in [0.5, 0.6) is 17.2 Å². The minimum Gasteiger partial charge on any atom is -0.504 e. The highest BCUT2D eigenvalue weighted by atomic mass is 16.6. The highest BCUT2D eigenvalue weighted by molar-refractivity contribution is 5.84. The molecule has 3 aromatic rings. The first-order valence-corrected chi connectivity index (χ1v) is 10.2. The molecule has 0 saturated heterocycles. The number of phenols is 1. The van der Waals surface area contributed by atoms with E-state index in [-0.39, 0.29) is 24.5 Å². The van der Waals surface area contributed by atoms with Gasteiger partial charge in [-0.3, -0.25) is 5.32 Å². The second kappa shape index (κ2) is 11.4. The quantitative estimate of drug-likeness (QED) is 0.444. The zero-order valence-electron chi connectivity index (χ0n) is 18.0. The van der Waals surface area contributed by atoms with Crippen molar-refractivity contribution in [2.24, 2.45) is 0 Å². The smallest absolute Gasteiger partial charge is 0.412 e. The van der Waals surface area contributed by atoms with Gasteiger partial charge < -0.3 is 24.4 Å². The fourth-order valence-corrected chi connectivity index (χ4v) is 3.21. The van der Waals surface area contributed by atoms with E-state index < -0.39 is 18.3 Å². The molecule has 0 aromatic heterocycles. The van der Waals surface area contributed by atoms with Gasteiger partial charge in [0.05, 0.1) is 18.7 Å². The Bertz CT molecular complexity index is 1100. The van der Waals surface area contributed by atoms with Crippen molar-refractivity contribution in [1.29, 1.82) is 5.26 Å². The number of nitrogens with one attached hydrogen (secondary N) is 1. The van der Waals surface area contributed by atoms with Gasteiger partial charge in [0.1, 0.15) is 11.9 Å². The lowest BCUT2D eigenvalue weighted by Crippen LogP contribution is -2.31. The number of nitrogens with zero attached hydrogens (tertiary/aromatic N) is 1. The van der Waals surface area contributed by atoms with Gasteiger partial charge in [-0.05, 0) is 48.5 Å². The Hall–Kier alpha value is -4.22. The van der Waals surface area contributed by atoms with E-state index in [0.717, 1.165) is 0 Å². The number of anilines is 1. The third-order valence-electron chi connectivity index (χ3n) is 4.81. The van der Waals surface area contributed by atoms with Crippen LogP contribution in [0.1, 0.15) is 23.7 Å². The van der Waals surface area contributed by atoms with Crippen molar-refractivity contribution in [3.8, 4) is 23.3 Å². The SMILES string of the molecule is COc1ccc([C@@H](OC(=O)Nc2ccc(C#N)cc2)[C@@H](CCO)Oc2ccccc2)cc1O. The fraction of sp³-hybridized carbons (Fsp3) is 0.200. The van der Waals surface area contributed by atoms with E-state index in [4.69, 9.17) is 19.5 Å². The summed E-state index contributed by atoms with van der Waals surface area (Å²) in [7, 11) is 1.43. The molecule has 8 heteroatoms. The number of methoxy groups -OCH3 is 1. The van der Waals surface area contributed by atoms with Gasteiger partial charge in [0.15, 0.2) is 17.6 Å². The molecule has 3 N–H and O–H groups in total. The summed E-state index contributed by atoms with van der Waals surface area (Å²) >= 11 is 0. The first-order chi connectivity index (χ1) is 16.0. The van der Waals surface area contributed by atoms with Crippen molar-refractivity contribution in [1.82, 2.24) is 0 Å². The van der Waals surface area contributed by atoms with Crippen LogP contribution in [-0.2, 0) is 4.74 Å². The second-order valence-corrected chi connectivity index (χ2v) is 7.05. The van der Waals surface area contributed by atoms with Gasteiger partial charge in [-0.1, -0.05) is 24.3 Å². The molecule has 0 saturated carbocycles. The Labute approximate surface area is 191 Å². The molecule has 170 valence electrons. The number of aliphatic hydroxyl groups is 1. The molecule has 0 aliphatic rings. The number of hydrogen-bond donors (Lipinski definition) is 3. The van der Waals surface area contributed by atoms with Crippen molar-refractivity contribution in [3.05, 3.63) is 83.9 Å². The fourth-order valence-electron chi connectivity index (χ4n) is 3.21. The molecule has 33 heavy (non-hydrogen) atoms. The minimum absolute atomic E-state index is 0.126. The number of para-hydroxylation sites is 1. The van der Waals surface area contributed by atoms with Gasteiger partial charge in [0.25, 0.3) is 0 Å². The number of rotatable bonds is 9. The van der Waals surface area contributed by atoms with Crippen LogP contribution in [0, 0.1) is 11.3 Å². The van der Waals surface area contributed by atoms with E-state index in [1.165, 1.54) is 13.2 Å². The normalized spacial score (nSPS) is 12.2. The van der Waals surface area contributed by atoms with Gasteiger partial charge in [0.2, 0.25) is 0 Å². The van der Waals surface area contributed by atoms with Crippen LogP contribution in [0.15, 0.2) is 72.8 Å². The number of ether oxygens (including phenoxy) is 3. The molecule has 2 atom stereocenters. The number of nitriles is 1. The first kappa shape index (κ1) is 23.4. The lowest BCUT2D eigenvalue weighted by molar-refractivity contribution is 0.00897. The molecule has 8 nitrogen and oxygen atoms in total. The summed E-state index contributed by atoms with van der Waals surface area (Å²) in [6.45, 7) is -0.212. The lowest BCUT2D eigenvalue weighted by Gasteiger charge is -2.28. The van der Waals surface area contributed by atoms with Crippen molar-refractivity contribution in [2.75, 3.05) is 19.0 Å². The molecule has 0 radical (unpaired) electrons. The van der Waals surface area contributed by atoms with Crippen LogP contribution in [0.25, 0.3) is 0 Å². The number of carbonyl (C=O) groups is 1. The Morgan fingerprint density at radius 1 is 1.09 bits per heavy atom. The Morgan fingerprint density at radius 3 is 2.42 bits per heavy atom. The summed E-state index contributed by atoms with van der Waals surface area (Å²) in [6, 6.07) is 21.9. The van der Waals surface area contributed by atoms with E-state index in [0.29, 0.717) is 22.6 Å². The first-order valence-electron chi connectivity index (χ1n) is 10.2. The van der Waals surface area contributed by atoms with E-state index in [1.54, 1.807) is 60.7 Å². The molecule has 0 heterocycles. The summed E-state index contributed by atoms with van der Waals surface area (Å²) in [4.78, 5) is 12.7. The molecule has 1 amide bonds. The Kier molecular flexibility index (Phi) is 8.11. The topological polar surface area (TPSA) is 121 Å². The molecule has 0 spiro atoms. The highest BCUT2D eigenvalue weighted by Gasteiger charge is 2.30. The predicted molar refractivity (Wildman–Crippen MR) is 121 cm³/mol. The number of amides is 1. The summed E-state index contributed by atoms with van der Waals surface area (Å²) in [6.07, 6.45) is -2.32. The van der Waals surface area contributed by atoms with Crippen LogP contribution in [0.3, 0.4) is 0 Å². The second-order valence-electron chi connectivity index (χ2n) is 7.05. The van der Waals surface area contributed by atoms with Gasteiger partial charge >= 0.3 is 6.09 Å². The molecule has 3 rings (SSSR count). The van der Waals surface area contributed by atoms with Gasteiger partial charge in [0, 0.05) is 24.3 Å². The number of aliphatic hydroxyl groups excluding tert-OH is 1. The minimum atomic E-state index is -0.965. The maximum Gasteiger partial charge on any atom is 0.412 e. The molecule has 3 aromatic carbocycles. The van der Waals surface area contributed by atoms with Crippen molar-refractivity contribution in [3.63, 3.8) is 0 Å². The summed E-state index contributed by atoms with van der Waals surface area (Å²) < 4.78 is 16.8. The molecular weight excluding hydrogens is 424 g/mol. The maximum absolute atomic E-state index is 12.7. The van der Waals surface area contributed by atoms with Crippen molar-refractivity contribution < 1.29 is 29.2 Å². The van der Waals surface area contributed by atoms with Gasteiger partial charge in [-0.15, -0.1) is 0 Å². The largest absolute Gasteiger partial charge is 0.504 e. The predicted octanol–water partition coefficient (Wildman–Crippen LogP) is 4.39. The zero-order chi connectivity index (χ0) is 23.6.